The molecule has 0 aliphatic carbocycles. The van der Waals surface area contributed by atoms with Gasteiger partial charge in [-0.3, -0.25) is 4.79 Å². The molecule has 1 aromatic rings. The standard InChI is InChI=1S/C13H17FN2O3/c1-19-11-3-2-9(14)8-10(11)12(17)13(18)16-6-4-15-5-7-16/h2-3,8,12,15,17H,4-7H2,1H3. The topological polar surface area (TPSA) is 61.8 Å². The number of aliphatic hydroxyl groups excluding tert-OH is 1. The van der Waals surface area contributed by atoms with E-state index in [1.807, 2.05) is 0 Å². The molecule has 104 valence electrons. The van der Waals surface area contributed by atoms with E-state index in [0.717, 1.165) is 6.07 Å². The molecule has 5 nitrogen and oxygen atoms in total. The maximum atomic E-state index is 13.2. The third kappa shape index (κ3) is 3.02. The summed E-state index contributed by atoms with van der Waals surface area (Å²) in [5.41, 5.74) is 0.158. The zero-order valence-electron chi connectivity index (χ0n) is 10.7. The number of aliphatic hydroxyl groups is 1. The monoisotopic (exact) mass is 268 g/mol. The van der Waals surface area contributed by atoms with Crippen LogP contribution in [-0.4, -0.2) is 49.2 Å². The van der Waals surface area contributed by atoms with Crippen LogP contribution in [0.4, 0.5) is 4.39 Å². The van der Waals surface area contributed by atoms with Gasteiger partial charge in [-0.2, -0.15) is 0 Å². The van der Waals surface area contributed by atoms with Crippen LogP contribution in [0.5, 0.6) is 5.75 Å². The Morgan fingerprint density at radius 2 is 2.16 bits per heavy atom. The zero-order valence-corrected chi connectivity index (χ0v) is 10.7. The largest absolute Gasteiger partial charge is 0.496 e. The summed E-state index contributed by atoms with van der Waals surface area (Å²) >= 11 is 0. The predicted octanol–water partition coefficient (Wildman–Crippen LogP) is 0.299. The minimum Gasteiger partial charge on any atom is -0.496 e. The summed E-state index contributed by atoms with van der Waals surface area (Å²) in [7, 11) is 1.42. The van der Waals surface area contributed by atoms with E-state index in [4.69, 9.17) is 4.74 Å². The fraction of sp³-hybridized carbons (Fsp3) is 0.462. The van der Waals surface area contributed by atoms with Crippen molar-refractivity contribution >= 4 is 5.91 Å². The Bertz CT molecular complexity index is 461. The summed E-state index contributed by atoms with van der Waals surface area (Å²) in [5.74, 6) is -0.634. The van der Waals surface area contributed by atoms with Gasteiger partial charge in [-0.05, 0) is 18.2 Å². The fourth-order valence-corrected chi connectivity index (χ4v) is 2.11. The summed E-state index contributed by atoms with van der Waals surface area (Å²) in [6, 6.07) is 3.76. The second kappa shape index (κ2) is 5.99. The molecule has 0 aromatic heterocycles. The molecule has 0 saturated carbocycles. The van der Waals surface area contributed by atoms with Crippen LogP contribution in [0.2, 0.25) is 0 Å². The second-order valence-electron chi connectivity index (χ2n) is 4.36. The van der Waals surface area contributed by atoms with Gasteiger partial charge in [0.05, 0.1) is 7.11 Å². The van der Waals surface area contributed by atoms with Crippen LogP contribution in [0.3, 0.4) is 0 Å². The van der Waals surface area contributed by atoms with Crippen molar-refractivity contribution in [2.24, 2.45) is 0 Å². The Morgan fingerprint density at radius 1 is 1.47 bits per heavy atom. The number of nitrogens with one attached hydrogen (secondary N) is 1. The Hall–Kier alpha value is -1.66. The highest BCUT2D eigenvalue weighted by Gasteiger charge is 2.27. The number of amides is 1. The van der Waals surface area contributed by atoms with E-state index < -0.39 is 17.8 Å². The van der Waals surface area contributed by atoms with Gasteiger partial charge in [0.25, 0.3) is 5.91 Å². The van der Waals surface area contributed by atoms with Crippen molar-refractivity contribution in [2.45, 2.75) is 6.10 Å². The smallest absolute Gasteiger partial charge is 0.256 e. The molecule has 1 atom stereocenters. The number of ether oxygens (including phenoxy) is 1. The molecule has 0 spiro atoms. The Balaban J connectivity index is 2.20. The molecule has 1 aliphatic rings. The van der Waals surface area contributed by atoms with Gasteiger partial charge in [0.15, 0.2) is 6.10 Å². The van der Waals surface area contributed by atoms with Crippen LogP contribution in [0.15, 0.2) is 18.2 Å². The SMILES string of the molecule is COc1ccc(F)cc1C(O)C(=O)N1CCNCC1. The molecule has 1 unspecified atom stereocenters. The maximum Gasteiger partial charge on any atom is 0.256 e. The minimum absolute atomic E-state index is 0.158. The van der Waals surface area contributed by atoms with E-state index in [9.17, 15) is 14.3 Å². The first-order valence-electron chi connectivity index (χ1n) is 6.14. The normalized spacial score (nSPS) is 17.1. The molecule has 2 rings (SSSR count). The number of methoxy groups -OCH3 is 1. The lowest BCUT2D eigenvalue weighted by Crippen LogP contribution is -2.48. The van der Waals surface area contributed by atoms with Gasteiger partial charge in [0, 0.05) is 31.7 Å². The number of carbonyl (C=O) groups excluding carboxylic acids is 1. The van der Waals surface area contributed by atoms with Crippen LogP contribution >= 0.6 is 0 Å². The number of hydrogen-bond acceptors (Lipinski definition) is 4. The molecular formula is C13H17FN2O3. The van der Waals surface area contributed by atoms with Crippen molar-refractivity contribution in [2.75, 3.05) is 33.3 Å². The lowest BCUT2D eigenvalue weighted by Gasteiger charge is -2.29. The third-order valence-corrected chi connectivity index (χ3v) is 3.15. The molecular weight excluding hydrogens is 251 g/mol. The van der Waals surface area contributed by atoms with Crippen molar-refractivity contribution in [1.82, 2.24) is 10.2 Å². The summed E-state index contributed by atoms with van der Waals surface area (Å²) in [5, 5.41) is 13.2. The van der Waals surface area contributed by atoms with Gasteiger partial charge in [0.2, 0.25) is 0 Å². The molecule has 0 bridgehead atoms. The quantitative estimate of drug-likeness (QED) is 0.827. The average Bonchev–Trinajstić information content (AvgIpc) is 2.46. The summed E-state index contributed by atoms with van der Waals surface area (Å²) < 4.78 is 18.3. The van der Waals surface area contributed by atoms with E-state index in [2.05, 4.69) is 5.32 Å². The highest BCUT2D eigenvalue weighted by atomic mass is 19.1. The van der Waals surface area contributed by atoms with Crippen LogP contribution in [-0.2, 0) is 4.79 Å². The van der Waals surface area contributed by atoms with Crippen molar-refractivity contribution in [3.05, 3.63) is 29.6 Å². The highest BCUT2D eigenvalue weighted by Crippen LogP contribution is 2.27. The molecule has 2 N–H and O–H groups in total. The number of nitrogens with zero attached hydrogens (tertiary/aromatic N) is 1. The van der Waals surface area contributed by atoms with Crippen molar-refractivity contribution < 1.29 is 19.0 Å². The molecule has 1 saturated heterocycles. The predicted molar refractivity (Wildman–Crippen MR) is 67.4 cm³/mol. The van der Waals surface area contributed by atoms with Crippen molar-refractivity contribution in [1.29, 1.82) is 0 Å². The van der Waals surface area contributed by atoms with Crippen molar-refractivity contribution in [3.63, 3.8) is 0 Å². The van der Waals surface area contributed by atoms with E-state index in [-0.39, 0.29) is 5.56 Å². The average molecular weight is 268 g/mol. The van der Waals surface area contributed by atoms with E-state index in [0.29, 0.717) is 31.9 Å². The fourth-order valence-electron chi connectivity index (χ4n) is 2.11. The maximum absolute atomic E-state index is 13.2. The van der Waals surface area contributed by atoms with Gasteiger partial charge < -0.3 is 20.1 Å². The van der Waals surface area contributed by atoms with Crippen LogP contribution < -0.4 is 10.1 Å². The van der Waals surface area contributed by atoms with E-state index in [1.165, 1.54) is 19.2 Å². The summed E-state index contributed by atoms with van der Waals surface area (Å²) in [6.07, 6.45) is -1.40. The first kappa shape index (κ1) is 13.8. The van der Waals surface area contributed by atoms with Crippen molar-refractivity contribution in [3.8, 4) is 5.75 Å². The number of piperazine rings is 1. The minimum atomic E-state index is -1.40. The number of carbonyl (C=O) groups is 1. The van der Waals surface area contributed by atoms with Gasteiger partial charge in [-0.15, -0.1) is 0 Å². The molecule has 1 fully saturated rings. The van der Waals surface area contributed by atoms with E-state index in [1.54, 1.807) is 4.90 Å². The van der Waals surface area contributed by atoms with Gasteiger partial charge >= 0.3 is 0 Å². The molecule has 1 aromatic carbocycles. The van der Waals surface area contributed by atoms with Crippen LogP contribution in [0.25, 0.3) is 0 Å². The first-order chi connectivity index (χ1) is 9.13. The zero-order chi connectivity index (χ0) is 13.8. The number of rotatable bonds is 3. The summed E-state index contributed by atoms with van der Waals surface area (Å²) in [4.78, 5) is 13.7. The first-order valence-corrected chi connectivity index (χ1v) is 6.14. The van der Waals surface area contributed by atoms with E-state index >= 15 is 0 Å². The Kier molecular flexibility index (Phi) is 4.34. The molecule has 0 radical (unpaired) electrons. The van der Waals surface area contributed by atoms with Gasteiger partial charge in [0.1, 0.15) is 11.6 Å². The number of halogens is 1. The molecule has 1 heterocycles. The third-order valence-electron chi connectivity index (χ3n) is 3.15. The molecule has 6 heteroatoms. The highest BCUT2D eigenvalue weighted by molar-refractivity contribution is 5.83. The second-order valence-corrected chi connectivity index (χ2v) is 4.36. The molecule has 1 aliphatic heterocycles. The number of benzene rings is 1. The van der Waals surface area contributed by atoms with Crippen LogP contribution in [0, 0.1) is 5.82 Å². The summed E-state index contributed by atoms with van der Waals surface area (Å²) in [6.45, 7) is 2.46. The lowest BCUT2D eigenvalue weighted by atomic mass is 10.1. The number of hydrogen-bond donors (Lipinski definition) is 2. The molecule has 1 amide bonds. The Morgan fingerprint density at radius 3 is 2.79 bits per heavy atom. The van der Waals surface area contributed by atoms with Crippen LogP contribution in [0.1, 0.15) is 11.7 Å². The van der Waals surface area contributed by atoms with Gasteiger partial charge in [-0.1, -0.05) is 0 Å². The van der Waals surface area contributed by atoms with Gasteiger partial charge in [-0.25, -0.2) is 4.39 Å². The Labute approximate surface area is 111 Å². The lowest BCUT2D eigenvalue weighted by molar-refractivity contribution is -0.141. The molecule has 19 heavy (non-hydrogen) atoms.